The Morgan fingerprint density at radius 1 is 1.21 bits per heavy atom. The van der Waals surface area contributed by atoms with E-state index >= 15 is 0 Å². The van der Waals surface area contributed by atoms with Crippen LogP contribution in [-0.4, -0.2) is 51.8 Å². The molecule has 2 N–H and O–H groups in total. The molecule has 1 aliphatic rings. The molecule has 0 radical (unpaired) electrons. The van der Waals surface area contributed by atoms with Crippen LogP contribution in [0.15, 0.2) is 24.3 Å². The Hall–Kier alpha value is -1.43. The molecule has 0 amide bonds. The molecule has 1 aliphatic heterocycles. The fourth-order valence-corrected chi connectivity index (χ4v) is 3.50. The summed E-state index contributed by atoms with van der Waals surface area (Å²) in [5, 5.41) is 13.1. The van der Waals surface area contributed by atoms with Gasteiger partial charge in [-0.15, -0.1) is 0 Å². The number of aromatic nitrogens is 2. The van der Waals surface area contributed by atoms with Crippen LogP contribution in [0.25, 0.3) is 11.0 Å². The van der Waals surface area contributed by atoms with E-state index in [-0.39, 0.29) is 6.10 Å². The Morgan fingerprint density at radius 3 is 2.79 bits per heavy atom. The first-order valence-electron chi connectivity index (χ1n) is 9.33. The highest BCUT2D eigenvalue weighted by molar-refractivity contribution is 5.75. The van der Waals surface area contributed by atoms with Crippen molar-refractivity contribution in [3.05, 3.63) is 30.1 Å². The second-order valence-electron chi connectivity index (χ2n) is 6.77. The van der Waals surface area contributed by atoms with Crippen molar-refractivity contribution in [2.24, 2.45) is 0 Å². The number of hydrogen-bond donors (Lipinski definition) is 2. The highest BCUT2D eigenvalue weighted by Gasteiger charge is 2.16. The van der Waals surface area contributed by atoms with Crippen LogP contribution < -0.4 is 5.32 Å². The summed E-state index contributed by atoms with van der Waals surface area (Å²) in [5.74, 6) is 1.14. The maximum Gasteiger partial charge on any atom is 0.123 e. The predicted octanol–water partition coefficient (Wildman–Crippen LogP) is 2.38. The molecular weight excluding hydrogens is 300 g/mol. The molecule has 1 aromatic carbocycles. The quantitative estimate of drug-likeness (QED) is 0.730. The zero-order chi connectivity index (χ0) is 16.8. The lowest BCUT2D eigenvalue weighted by Crippen LogP contribution is -2.37. The third-order valence-corrected chi connectivity index (χ3v) is 4.85. The van der Waals surface area contributed by atoms with E-state index in [2.05, 4.69) is 46.0 Å². The number of imidazole rings is 1. The van der Waals surface area contributed by atoms with Gasteiger partial charge in [0.25, 0.3) is 0 Å². The Morgan fingerprint density at radius 2 is 2.00 bits per heavy atom. The van der Waals surface area contributed by atoms with Crippen molar-refractivity contribution in [2.45, 2.75) is 51.8 Å². The zero-order valence-corrected chi connectivity index (χ0v) is 14.7. The number of benzene rings is 1. The summed E-state index contributed by atoms with van der Waals surface area (Å²) >= 11 is 0. The number of likely N-dealkylation sites (tertiary alicyclic amines) is 1. The second kappa shape index (κ2) is 8.60. The third kappa shape index (κ3) is 4.35. The highest BCUT2D eigenvalue weighted by Crippen LogP contribution is 2.16. The van der Waals surface area contributed by atoms with Gasteiger partial charge in [0, 0.05) is 19.6 Å². The van der Waals surface area contributed by atoms with Crippen LogP contribution >= 0.6 is 0 Å². The summed E-state index contributed by atoms with van der Waals surface area (Å²) in [7, 11) is 0. The minimum atomic E-state index is -0.0778. The predicted molar refractivity (Wildman–Crippen MR) is 98.0 cm³/mol. The number of aliphatic hydroxyl groups is 1. The molecule has 0 bridgehead atoms. The van der Waals surface area contributed by atoms with Gasteiger partial charge in [-0.2, -0.15) is 0 Å². The fraction of sp³-hybridized carbons (Fsp3) is 0.632. The summed E-state index contributed by atoms with van der Waals surface area (Å²) in [6.07, 6.45) is 4.03. The number of piperidine rings is 1. The van der Waals surface area contributed by atoms with Gasteiger partial charge in [0.05, 0.1) is 23.7 Å². The second-order valence-corrected chi connectivity index (χ2v) is 6.77. The summed E-state index contributed by atoms with van der Waals surface area (Å²) in [4.78, 5) is 7.25. The summed E-state index contributed by atoms with van der Waals surface area (Å²) in [6.45, 7) is 8.25. The minimum Gasteiger partial charge on any atom is -0.393 e. The van der Waals surface area contributed by atoms with Gasteiger partial charge in [0.2, 0.25) is 0 Å². The standard InChI is InChI=1S/C19H30N4O/c1-2-11-23-18-7-4-3-6-17(18)21-19(23)15-20-10-5-12-22-13-8-16(24)9-14-22/h3-4,6-7,16,20,24H,2,5,8-15H2,1H3. The number of hydrogen-bond acceptors (Lipinski definition) is 4. The largest absolute Gasteiger partial charge is 0.393 e. The fourth-order valence-electron chi connectivity index (χ4n) is 3.50. The van der Waals surface area contributed by atoms with Crippen molar-refractivity contribution in [3.63, 3.8) is 0 Å². The van der Waals surface area contributed by atoms with Crippen LogP contribution in [0.4, 0.5) is 0 Å². The van der Waals surface area contributed by atoms with Gasteiger partial charge < -0.3 is 19.9 Å². The van der Waals surface area contributed by atoms with Gasteiger partial charge in [-0.25, -0.2) is 4.98 Å². The number of para-hydroxylation sites is 2. The lowest BCUT2D eigenvalue weighted by atomic mass is 10.1. The lowest BCUT2D eigenvalue weighted by molar-refractivity contribution is 0.0821. The molecule has 1 fully saturated rings. The SMILES string of the molecule is CCCn1c(CNCCCN2CCC(O)CC2)nc2ccccc21. The number of aryl methyl sites for hydroxylation is 1. The van der Waals surface area contributed by atoms with Gasteiger partial charge in [-0.05, 0) is 50.9 Å². The lowest BCUT2D eigenvalue weighted by Gasteiger charge is -2.29. The first-order chi connectivity index (χ1) is 11.8. The van der Waals surface area contributed by atoms with Gasteiger partial charge in [0.1, 0.15) is 5.82 Å². The van der Waals surface area contributed by atoms with E-state index in [1.807, 2.05) is 0 Å². The van der Waals surface area contributed by atoms with Crippen LogP contribution in [0.2, 0.25) is 0 Å². The molecule has 1 aromatic heterocycles. The molecule has 2 heterocycles. The molecule has 2 aromatic rings. The topological polar surface area (TPSA) is 53.3 Å². The smallest absolute Gasteiger partial charge is 0.123 e. The number of fused-ring (bicyclic) bond motifs is 1. The Kier molecular flexibility index (Phi) is 6.24. The molecule has 0 aliphatic carbocycles. The van der Waals surface area contributed by atoms with Gasteiger partial charge in [0.15, 0.2) is 0 Å². The average molecular weight is 330 g/mol. The summed E-state index contributed by atoms with van der Waals surface area (Å²) < 4.78 is 2.34. The highest BCUT2D eigenvalue weighted by atomic mass is 16.3. The molecule has 24 heavy (non-hydrogen) atoms. The van der Waals surface area contributed by atoms with E-state index in [4.69, 9.17) is 4.98 Å². The van der Waals surface area contributed by atoms with Crippen LogP contribution in [0.3, 0.4) is 0 Å². The van der Waals surface area contributed by atoms with E-state index in [0.717, 1.165) is 76.3 Å². The third-order valence-electron chi connectivity index (χ3n) is 4.85. The van der Waals surface area contributed by atoms with Crippen molar-refractivity contribution in [2.75, 3.05) is 26.2 Å². The molecule has 3 rings (SSSR count). The summed E-state index contributed by atoms with van der Waals surface area (Å²) in [5.41, 5.74) is 2.33. The number of aliphatic hydroxyl groups excluding tert-OH is 1. The van der Waals surface area contributed by atoms with E-state index in [1.165, 1.54) is 5.52 Å². The first kappa shape index (κ1) is 17.4. The molecule has 5 nitrogen and oxygen atoms in total. The Bertz CT molecular complexity index is 631. The minimum absolute atomic E-state index is 0.0778. The van der Waals surface area contributed by atoms with Crippen molar-refractivity contribution < 1.29 is 5.11 Å². The number of nitrogens with zero attached hydrogens (tertiary/aromatic N) is 3. The number of rotatable bonds is 8. The molecule has 0 atom stereocenters. The van der Waals surface area contributed by atoms with E-state index < -0.39 is 0 Å². The molecular formula is C19H30N4O. The van der Waals surface area contributed by atoms with Crippen LogP contribution in [0.5, 0.6) is 0 Å². The van der Waals surface area contributed by atoms with Crippen LogP contribution in [0, 0.1) is 0 Å². The molecule has 0 saturated carbocycles. The van der Waals surface area contributed by atoms with Crippen molar-refractivity contribution in [1.82, 2.24) is 19.8 Å². The number of nitrogens with one attached hydrogen (secondary N) is 1. The van der Waals surface area contributed by atoms with Crippen molar-refractivity contribution >= 4 is 11.0 Å². The van der Waals surface area contributed by atoms with Gasteiger partial charge >= 0.3 is 0 Å². The maximum atomic E-state index is 9.54. The zero-order valence-electron chi connectivity index (χ0n) is 14.7. The molecule has 0 spiro atoms. The maximum absolute atomic E-state index is 9.54. The van der Waals surface area contributed by atoms with E-state index in [0.29, 0.717) is 0 Å². The van der Waals surface area contributed by atoms with Gasteiger partial charge in [-0.1, -0.05) is 19.1 Å². The molecule has 0 unspecified atom stereocenters. The average Bonchev–Trinajstić information content (AvgIpc) is 2.94. The first-order valence-corrected chi connectivity index (χ1v) is 9.33. The summed E-state index contributed by atoms with van der Waals surface area (Å²) in [6, 6.07) is 8.39. The van der Waals surface area contributed by atoms with Crippen LogP contribution in [0.1, 0.15) is 38.4 Å². The normalized spacial score (nSPS) is 16.9. The van der Waals surface area contributed by atoms with Gasteiger partial charge in [-0.3, -0.25) is 0 Å². The van der Waals surface area contributed by atoms with Crippen LogP contribution in [-0.2, 0) is 13.1 Å². The molecule has 5 heteroatoms. The molecule has 132 valence electrons. The monoisotopic (exact) mass is 330 g/mol. The van der Waals surface area contributed by atoms with Crippen molar-refractivity contribution in [1.29, 1.82) is 0 Å². The molecule has 1 saturated heterocycles. The Balaban J connectivity index is 1.46. The van der Waals surface area contributed by atoms with Crippen molar-refractivity contribution in [3.8, 4) is 0 Å². The Labute approximate surface area is 144 Å². The van der Waals surface area contributed by atoms with E-state index in [1.54, 1.807) is 0 Å². The van der Waals surface area contributed by atoms with E-state index in [9.17, 15) is 5.11 Å².